The number of hydrogen-bond donors (Lipinski definition) is 1. The second-order valence-corrected chi connectivity index (χ2v) is 6.84. The number of rotatable bonds is 1. The molecule has 3 aromatic rings. The van der Waals surface area contributed by atoms with E-state index in [4.69, 9.17) is 11.6 Å². The van der Waals surface area contributed by atoms with Gasteiger partial charge in [0.25, 0.3) is 0 Å². The maximum absolute atomic E-state index is 13.9. The number of alkyl halides is 6. The van der Waals surface area contributed by atoms with Crippen molar-refractivity contribution in [1.82, 2.24) is 19.6 Å². The van der Waals surface area contributed by atoms with Crippen LogP contribution in [-0.4, -0.2) is 38.3 Å². The molecule has 4 rings (SSSR count). The molecule has 4 heterocycles. The zero-order valence-electron chi connectivity index (χ0n) is 14.8. The summed E-state index contributed by atoms with van der Waals surface area (Å²) in [5, 5.41) is 5.46. The van der Waals surface area contributed by atoms with Gasteiger partial charge < -0.3 is 5.32 Å². The van der Waals surface area contributed by atoms with Crippen LogP contribution in [0, 0.1) is 5.82 Å². The Hall–Kier alpha value is -3.16. The predicted octanol–water partition coefficient (Wildman–Crippen LogP) is 4.63. The third kappa shape index (κ3) is 3.71. The third-order valence-electron chi connectivity index (χ3n) is 4.48. The fourth-order valence-electron chi connectivity index (χ4n) is 3.14. The van der Waals surface area contributed by atoms with Gasteiger partial charge in [-0.2, -0.15) is 31.4 Å². The number of halogens is 8. The van der Waals surface area contributed by atoms with Gasteiger partial charge >= 0.3 is 18.4 Å². The molecule has 1 atom stereocenters. The highest BCUT2D eigenvalue weighted by atomic mass is 35.5. The Morgan fingerprint density at radius 1 is 1.13 bits per heavy atom. The van der Waals surface area contributed by atoms with E-state index in [9.17, 15) is 35.5 Å². The summed E-state index contributed by atoms with van der Waals surface area (Å²) < 4.78 is 94.1. The van der Waals surface area contributed by atoms with E-state index in [0.717, 1.165) is 10.7 Å². The lowest BCUT2D eigenvalue weighted by molar-refractivity contribution is -0.147. The van der Waals surface area contributed by atoms with Gasteiger partial charge in [-0.1, -0.05) is 11.6 Å². The molecule has 164 valence electrons. The van der Waals surface area contributed by atoms with Crippen molar-refractivity contribution in [2.24, 2.45) is 0 Å². The summed E-state index contributed by atoms with van der Waals surface area (Å²) in [7, 11) is 0. The Labute approximate surface area is 172 Å². The maximum atomic E-state index is 13.9. The number of pyridine rings is 1. The van der Waals surface area contributed by atoms with E-state index in [2.05, 4.69) is 15.1 Å². The minimum Gasteiger partial charge on any atom is -0.305 e. The lowest BCUT2D eigenvalue weighted by atomic mass is 10.1. The van der Waals surface area contributed by atoms with E-state index in [1.54, 1.807) is 0 Å². The molecule has 1 N–H and O–H groups in total. The van der Waals surface area contributed by atoms with Crippen LogP contribution in [0.2, 0.25) is 5.15 Å². The highest BCUT2D eigenvalue weighted by molar-refractivity contribution is 6.29. The number of carbonyl (C=O) groups excluding carboxylic acids is 1. The van der Waals surface area contributed by atoms with E-state index in [1.807, 2.05) is 5.32 Å². The number of anilines is 2. The molecule has 0 aliphatic carbocycles. The van der Waals surface area contributed by atoms with Crippen molar-refractivity contribution in [2.75, 3.05) is 16.8 Å². The predicted molar refractivity (Wildman–Crippen MR) is 92.4 cm³/mol. The zero-order chi connectivity index (χ0) is 22.7. The van der Waals surface area contributed by atoms with Gasteiger partial charge in [0.2, 0.25) is 0 Å². The number of nitrogens with one attached hydrogen (secondary N) is 1. The van der Waals surface area contributed by atoms with Gasteiger partial charge in [0.1, 0.15) is 11.6 Å². The van der Waals surface area contributed by atoms with Crippen LogP contribution in [0.4, 0.5) is 46.9 Å². The molecule has 0 radical (unpaired) electrons. The number of carbonyl (C=O) groups is 1. The molecule has 3 aromatic heterocycles. The lowest BCUT2D eigenvalue weighted by Gasteiger charge is -2.19. The number of hydrogen-bond acceptors (Lipinski definition) is 4. The molecule has 0 saturated carbocycles. The summed E-state index contributed by atoms with van der Waals surface area (Å²) in [4.78, 5) is 20.0. The topological polar surface area (TPSA) is 75.4 Å². The summed E-state index contributed by atoms with van der Waals surface area (Å²) in [5.74, 6) is -3.50. The Bertz CT molecular complexity index is 1190. The van der Waals surface area contributed by atoms with E-state index >= 15 is 0 Å². The van der Waals surface area contributed by atoms with E-state index < -0.39 is 53.7 Å². The Balaban J connectivity index is 1.74. The van der Waals surface area contributed by atoms with Crippen molar-refractivity contribution in [3.05, 3.63) is 46.9 Å². The average Bonchev–Trinajstić information content (AvgIpc) is 3.21. The van der Waals surface area contributed by atoms with Gasteiger partial charge in [-0.05, 0) is 6.07 Å². The molecule has 0 saturated heterocycles. The van der Waals surface area contributed by atoms with Crippen molar-refractivity contribution in [1.29, 1.82) is 0 Å². The van der Waals surface area contributed by atoms with Gasteiger partial charge in [-0.25, -0.2) is 23.7 Å². The molecule has 1 unspecified atom stereocenters. The monoisotopic (exact) mass is 468 g/mol. The number of aromatic nitrogens is 4. The van der Waals surface area contributed by atoms with Crippen molar-refractivity contribution >= 4 is 34.7 Å². The first kappa shape index (κ1) is 21.1. The van der Waals surface area contributed by atoms with E-state index in [-0.39, 0.29) is 28.8 Å². The van der Waals surface area contributed by atoms with Crippen LogP contribution in [0.5, 0.6) is 0 Å². The smallest absolute Gasteiger partial charge is 0.305 e. The maximum Gasteiger partial charge on any atom is 0.433 e. The minimum atomic E-state index is -4.93. The van der Waals surface area contributed by atoms with Crippen molar-refractivity contribution in [3.63, 3.8) is 0 Å². The van der Waals surface area contributed by atoms with Crippen LogP contribution in [0.15, 0.2) is 24.5 Å². The summed E-state index contributed by atoms with van der Waals surface area (Å²) >= 11 is 5.74. The Kier molecular flexibility index (Phi) is 4.72. The fourth-order valence-corrected chi connectivity index (χ4v) is 3.31. The number of fused-ring (bicyclic) bond motifs is 3. The van der Waals surface area contributed by atoms with Gasteiger partial charge in [0.05, 0.1) is 29.5 Å². The molecule has 2 amide bonds. The quantitative estimate of drug-likeness (QED) is 0.528. The highest BCUT2D eigenvalue weighted by Crippen LogP contribution is 2.45. The standard InChI is InChI=1S/C16H8ClF7N6O/c17-11-2-12-26-4-9-13(30(12)28-11)6(15(19,20)21)5-29(9)14(31)27-8-1-10(16(22,23)24)25-3-7(8)18/h1-4,6H,5H2,(H,25,27,31). The van der Waals surface area contributed by atoms with E-state index in [0.29, 0.717) is 4.90 Å². The first-order chi connectivity index (χ1) is 14.4. The third-order valence-corrected chi connectivity index (χ3v) is 4.67. The summed E-state index contributed by atoms with van der Waals surface area (Å²) in [6.45, 7) is -0.929. The SMILES string of the molecule is O=C(Nc1cc(C(F)(F)F)ncc1F)N1CC(C(F)(F)F)c2c1cnc1cc(Cl)nn21. The first-order valence-corrected chi connectivity index (χ1v) is 8.66. The van der Waals surface area contributed by atoms with Crippen LogP contribution < -0.4 is 10.2 Å². The number of nitrogens with zero attached hydrogens (tertiary/aromatic N) is 5. The number of urea groups is 1. The normalized spacial score (nSPS) is 16.6. The van der Waals surface area contributed by atoms with Gasteiger partial charge in [0.15, 0.2) is 16.6 Å². The molecule has 15 heteroatoms. The molecule has 0 spiro atoms. The van der Waals surface area contributed by atoms with Crippen LogP contribution in [0.1, 0.15) is 17.3 Å². The molecule has 1 aliphatic heterocycles. The first-order valence-electron chi connectivity index (χ1n) is 8.28. The summed E-state index contributed by atoms with van der Waals surface area (Å²) in [6, 6.07) is 0.147. The second kappa shape index (κ2) is 6.93. The van der Waals surface area contributed by atoms with Crippen LogP contribution >= 0.6 is 11.6 Å². The summed E-state index contributed by atoms with van der Waals surface area (Å²) in [6.07, 6.45) is -8.52. The lowest BCUT2D eigenvalue weighted by Crippen LogP contribution is -2.36. The highest BCUT2D eigenvalue weighted by Gasteiger charge is 2.50. The van der Waals surface area contributed by atoms with Crippen molar-refractivity contribution in [2.45, 2.75) is 18.3 Å². The second-order valence-electron chi connectivity index (χ2n) is 6.45. The van der Waals surface area contributed by atoms with Gasteiger partial charge in [0, 0.05) is 12.6 Å². The molecule has 0 aromatic carbocycles. The molecule has 7 nitrogen and oxygen atoms in total. The van der Waals surface area contributed by atoms with E-state index in [1.165, 1.54) is 6.07 Å². The van der Waals surface area contributed by atoms with Crippen LogP contribution in [0.25, 0.3) is 5.65 Å². The van der Waals surface area contributed by atoms with Crippen LogP contribution in [0.3, 0.4) is 0 Å². The molecule has 0 fully saturated rings. The molecule has 31 heavy (non-hydrogen) atoms. The van der Waals surface area contributed by atoms with Crippen LogP contribution in [-0.2, 0) is 6.18 Å². The van der Waals surface area contributed by atoms with Gasteiger partial charge in [-0.3, -0.25) is 4.90 Å². The minimum absolute atomic E-state index is 0.00439. The van der Waals surface area contributed by atoms with Crippen molar-refractivity contribution in [3.8, 4) is 0 Å². The van der Waals surface area contributed by atoms with Crippen molar-refractivity contribution < 1.29 is 35.5 Å². The Morgan fingerprint density at radius 3 is 2.48 bits per heavy atom. The zero-order valence-corrected chi connectivity index (χ0v) is 15.5. The largest absolute Gasteiger partial charge is 0.433 e. The fraction of sp³-hybridized carbons (Fsp3) is 0.250. The summed E-state index contributed by atoms with van der Waals surface area (Å²) in [5.41, 5.74) is -3.15. The molecular formula is C16H8ClF7N6O. The molecule has 1 aliphatic rings. The average molecular weight is 469 g/mol. The Morgan fingerprint density at radius 2 is 1.84 bits per heavy atom. The molecule has 0 bridgehead atoms. The number of amides is 2. The van der Waals surface area contributed by atoms with Gasteiger partial charge in [-0.15, -0.1) is 0 Å². The molecular weight excluding hydrogens is 461 g/mol.